The van der Waals surface area contributed by atoms with E-state index in [4.69, 9.17) is 5.73 Å². The fourth-order valence-corrected chi connectivity index (χ4v) is 5.74. The first kappa shape index (κ1) is 16.6. The molecule has 2 aliphatic rings. The number of nitrogens with one attached hydrogen (secondary N) is 2. The van der Waals surface area contributed by atoms with Gasteiger partial charge in [0.15, 0.2) is 4.96 Å². The molecule has 3 aromatic heterocycles. The molecule has 0 spiro atoms. The van der Waals surface area contributed by atoms with E-state index in [-0.39, 0.29) is 6.04 Å². The van der Waals surface area contributed by atoms with Crippen molar-refractivity contribution in [2.45, 2.75) is 25.3 Å². The van der Waals surface area contributed by atoms with Crippen LogP contribution in [-0.4, -0.2) is 19.6 Å². The summed E-state index contributed by atoms with van der Waals surface area (Å²) < 4.78 is 3.23. The van der Waals surface area contributed by atoms with Crippen LogP contribution in [0.25, 0.3) is 26.8 Å². The molecule has 0 saturated carbocycles. The fraction of sp³-hybridized carbons (Fsp3) is 0.182. The molecule has 4 heterocycles. The minimum absolute atomic E-state index is 0.200. The van der Waals surface area contributed by atoms with Gasteiger partial charge in [0.2, 0.25) is 0 Å². The molecule has 1 atom stereocenters. The molecule has 1 aromatic carbocycles. The van der Waals surface area contributed by atoms with Gasteiger partial charge in [-0.05, 0) is 54.2 Å². The Morgan fingerprint density at radius 2 is 2.21 bits per heavy atom. The molecule has 0 amide bonds. The third-order valence-electron chi connectivity index (χ3n) is 6.01. The van der Waals surface area contributed by atoms with Gasteiger partial charge in [-0.1, -0.05) is 24.0 Å². The lowest BCUT2D eigenvalue weighted by atomic mass is 9.87. The highest BCUT2D eigenvalue weighted by atomic mass is 32.1. The molecule has 0 radical (unpaired) electrons. The number of nitrogens with two attached hydrogens (primary N) is 1. The van der Waals surface area contributed by atoms with Crippen molar-refractivity contribution in [3.8, 4) is 0 Å². The Hall–Kier alpha value is -3.32. The van der Waals surface area contributed by atoms with Crippen LogP contribution in [0.4, 0.5) is 5.82 Å². The van der Waals surface area contributed by atoms with Gasteiger partial charge in [-0.2, -0.15) is 5.10 Å². The van der Waals surface area contributed by atoms with Gasteiger partial charge < -0.3 is 11.1 Å². The Morgan fingerprint density at radius 1 is 1.28 bits per heavy atom. The monoisotopic (exact) mass is 400 g/mol. The Balaban J connectivity index is 1.44. The van der Waals surface area contributed by atoms with Gasteiger partial charge in [-0.15, -0.1) is 0 Å². The van der Waals surface area contributed by atoms with E-state index in [1.54, 1.807) is 17.5 Å². The number of fused-ring (bicyclic) bond motifs is 3. The van der Waals surface area contributed by atoms with E-state index >= 15 is 0 Å². The van der Waals surface area contributed by atoms with Crippen LogP contribution in [0, 0.1) is 0 Å². The second-order valence-corrected chi connectivity index (χ2v) is 8.56. The molecule has 0 saturated heterocycles. The summed E-state index contributed by atoms with van der Waals surface area (Å²) in [6.45, 7) is 3.91. The summed E-state index contributed by atoms with van der Waals surface area (Å²) >= 11 is 1.68. The minimum Gasteiger partial charge on any atom is -0.383 e. The lowest BCUT2D eigenvalue weighted by Gasteiger charge is -2.27. The number of thiazole rings is 1. The van der Waals surface area contributed by atoms with Crippen molar-refractivity contribution in [3.63, 3.8) is 0 Å². The number of anilines is 1. The van der Waals surface area contributed by atoms with Crippen LogP contribution >= 0.6 is 11.3 Å². The van der Waals surface area contributed by atoms with Crippen LogP contribution in [0.15, 0.2) is 54.5 Å². The number of rotatable bonds is 3. The molecule has 6 nitrogen and oxygen atoms in total. The van der Waals surface area contributed by atoms with Crippen molar-refractivity contribution < 1.29 is 0 Å². The average molecular weight is 401 g/mol. The van der Waals surface area contributed by atoms with E-state index in [0.717, 1.165) is 34.6 Å². The van der Waals surface area contributed by atoms with Crippen LogP contribution in [0.3, 0.4) is 0 Å². The number of aromatic nitrogens is 4. The van der Waals surface area contributed by atoms with Gasteiger partial charge in [0, 0.05) is 17.3 Å². The van der Waals surface area contributed by atoms with Gasteiger partial charge in [0.05, 0.1) is 34.3 Å². The van der Waals surface area contributed by atoms with Crippen molar-refractivity contribution in [2.75, 3.05) is 5.73 Å². The van der Waals surface area contributed by atoms with Gasteiger partial charge in [0.25, 0.3) is 0 Å². The third kappa shape index (κ3) is 2.34. The molecule has 0 fully saturated rings. The number of H-pyrrole nitrogens is 1. The maximum Gasteiger partial charge on any atom is 0.196 e. The van der Waals surface area contributed by atoms with E-state index in [0.29, 0.717) is 5.82 Å². The average Bonchev–Trinajstić information content (AvgIpc) is 3.51. The zero-order valence-electron chi connectivity index (χ0n) is 15.8. The molecule has 4 aromatic rings. The van der Waals surface area contributed by atoms with Gasteiger partial charge >= 0.3 is 0 Å². The number of aromatic amines is 1. The Morgan fingerprint density at radius 3 is 3.10 bits per heavy atom. The summed E-state index contributed by atoms with van der Waals surface area (Å²) in [5.41, 5.74) is 14.7. The Labute approximate surface area is 171 Å². The van der Waals surface area contributed by atoms with Crippen LogP contribution in [0.2, 0.25) is 0 Å². The second-order valence-electron chi connectivity index (χ2n) is 7.55. The van der Waals surface area contributed by atoms with E-state index < -0.39 is 0 Å². The molecule has 1 unspecified atom stereocenters. The van der Waals surface area contributed by atoms with E-state index in [1.807, 2.05) is 16.7 Å². The number of hydrogen-bond acceptors (Lipinski definition) is 5. The van der Waals surface area contributed by atoms with E-state index in [9.17, 15) is 0 Å². The standard InChI is InChI=1S/C22H20N6S/c1-2-17-16(10-26-27-17)15-9-24-21(14-5-3-4-13(14)15)12-6-7-18-19(8-12)29-22-25-11-20(23)28(18)22/h2,6-11,21,24H,1,3-5,23H2,(H,26,27). The van der Waals surface area contributed by atoms with Crippen LogP contribution < -0.4 is 11.1 Å². The lowest BCUT2D eigenvalue weighted by Crippen LogP contribution is -2.22. The quantitative estimate of drug-likeness (QED) is 0.467. The minimum atomic E-state index is 0.200. The van der Waals surface area contributed by atoms with Crippen LogP contribution in [0.5, 0.6) is 0 Å². The SMILES string of the molecule is C=Cc1[nH]ncc1C1=CNC(c2ccc3c(c2)sc2ncc(N)n23)C2=C1CCC2. The summed E-state index contributed by atoms with van der Waals surface area (Å²) in [7, 11) is 0. The predicted molar refractivity (Wildman–Crippen MR) is 118 cm³/mol. The third-order valence-corrected chi connectivity index (χ3v) is 7.03. The van der Waals surface area contributed by atoms with E-state index in [1.165, 1.54) is 33.4 Å². The van der Waals surface area contributed by atoms with Crippen molar-refractivity contribution in [2.24, 2.45) is 0 Å². The normalized spacial score (nSPS) is 18.9. The molecule has 144 valence electrons. The molecule has 29 heavy (non-hydrogen) atoms. The first-order chi connectivity index (χ1) is 14.2. The summed E-state index contributed by atoms with van der Waals surface area (Å²) in [6.07, 6.45) is 11.0. The number of nitrogens with zero attached hydrogens (tertiary/aromatic N) is 3. The first-order valence-corrected chi connectivity index (χ1v) is 10.6. The molecule has 1 aliphatic carbocycles. The van der Waals surface area contributed by atoms with Gasteiger partial charge in [-0.3, -0.25) is 9.50 Å². The highest BCUT2D eigenvalue weighted by molar-refractivity contribution is 7.23. The van der Waals surface area contributed by atoms with E-state index in [2.05, 4.69) is 51.5 Å². The molecular formula is C22H20N6S. The van der Waals surface area contributed by atoms with Crippen molar-refractivity contribution >= 4 is 44.0 Å². The highest BCUT2D eigenvalue weighted by Crippen LogP contribution is 2.45. The second kappa shape index (κ2) is 6.09. The molecule has 6 rings (SSSR count). The van der Waals surface area contributed by atoms with Crippen molar-refractivity contribution in [1.29, 1.82) is 0 Å². The summed E-state index contributed by atoms with van der Waals surface area (Å²) in [5.74, 6) is 0.682. The number of nitrogen functional groups attached to an aromatic ring is 1. The zero-order chi connectivity index (χ0) is 19.5. The van der Waals surface area contributed by atoms with Crippen molar-refractivity contribution in [1.82, 2.24) is 24.9 Å². The van der Waals surface area contributed by atoms with Crippen molar-refractivity contribution in [3.05, 3.63) is 71.3 Å². The number of dihydropyridines is 1. The first-order valence-electron chi connectivity index (χ1n) is 9.74. The summed E-state index contributed by atoms with van der Waals surface area (Å²) in [6, 6.07) is 6.85. The maximum absolute atomic E-state index is 6.09. The number of allylic oxidation sites excluding steroid dienone is 2. The molecule has 7 heteroatoms. The fourth-order valence-electron chi connectivity index (χ4n) is 4.69. The number of benzene rings is 1. The highest BCUT2D eigenvalue weighted by Gasteiger charge is 2.30. The molecule has 0 bridgehead atoms. The molecule has 4 N–H and O–H groups in total. The smallest absolute Gasteiger partial charge is 0.196 e. The predicted octanol–water partition coefficient (Wildman–Crippen LogP) is 4.66. The number of hydrogen-bond donors (Lipinski definition) is 3. The Bertz CT molecular complexity index is 1350. The largest absolute Gasteiger partial charge is 0.383 e. The lowest BCUT2D eigenvalue weighted by molar-refractivity contribution is 0.681. The summed E-state index contributed by atoms with van der Waals surface area (Å²) in [5, 5.41) is 10.9. The molecular weight excluding hydrogens is 380 g/mol. The topological polar surface area (TPSA) is 84.0 Å². The van der Waals surface area contributed by atoms with Crippen LogP contribution in [0.1, 0.15) is 42.1 Å². The molecule has 1 aliphatic heterocycles. The maximum atomic E-state index is 6.09. The number of imidazole rings is 1. The summed E-state index contributed by atoms with van der Waals surface area (Å²) in [4.78, 5) is 5.35. The Kier molecular flexibility index (Phi) is 3.49. The van der Waals surface area contributed by atoms with Gasteiger partial charge in [0.1, 0.15) is 5.82 Å². The zero-order valence-corrected chi connectivity index (χ0v) is 16.6. The van der Waals surface area contributed by atoms with Crippen LogP contribution in [-0.2, 0) is 0 Å². The van der Waals surface area contributed by atoms with Gasteiger partial charge in [-0.25, -0.2) is 4.98 Å².